The largest absolute Gasteiger partial charge is 1.00 e. The maximum atomic E-state index is 10.7. The number of hydrogen-bond donors (Lipinski definition) is 0. The molecule has 0 radical (unpaired) electrons. The molecule has 0 heterocycles. The number of hydrogen-bond acceptors (Lipinski definition) is 4. The van der Waals surface area contributed by atoms with Crippen LogP contribution in [0.25, 0.3) is 0 Å². The predicted octanol–water partition coefficient (Wildman–Crippen LogP) is -6.87. The SMILES string of the molecule is O=C([O-])C[C@H](CCc1ccccc1)C(=O)[O-].[Na+].[Na+]. The van der Waals surface area contributed by atoms with Crippen LogP contribution in [0.15, 0.2) is 30.3 Å². The quantitative estimate of drug-likeness (QED) is 0.479. The number of aliphatic carboxylic acids is 2. The minimum Gasteiger partial charge on any atom is -0.550 e. The fourth-order valence-corrected chi connectivity index (χ4v) is 1.49. The van der Waals surface area contributed by atoms with Gasteiger partial charge >= 0.3 is 59.1 Å². The van der Waals surface area contributed by atoms with Gasteiger partial charge in [0.1, 0.15) is 0 Å². The first-order chi connectivity index (χ1) is 7.59. The molecule has 1 atom stereocenters. The van der Waals surface area contributed by atoms with Gasteiger partial charge in [-0.3, -0.25) is 0 Å². The summed E-state index contributed by atoms with van der Waals surface area (Å²) in [4.78, 5) is 21.0. The van der Waals surface area contributed by atoms with Gasteiger partial charge < -0.3 is 19.8 Å². The van der Waals surface area contributed by atoms with Gasteiger partial charge in [-0.05, 0) is 24.8 Å². The van der Waals surface area contributed by atoms with Crippen LogP contribution in [0.5, 0.6) is 0 Å². The molecule has 0 bridgehead atoms. The minimum absolute atomic E-state index is 0. The Hall–Kier alpha value is 0.160. The Kier molecular flexibility index (Phi) is 12.5. The Labute approximate surface area is 150 Å². The molecule has 6 heteroatoms. The van der Waals surface area contributed by atoms with Crippen molar-refractivity contribution in [2.24, 2.45) is 5.92 Å². The molecule has 0 spiro atoms. The zero-order valence-electron chi connectivity index (χ0n) is 10.7. The third-order valence-electron chi connectivity index (χ3n) is 2.37. The van der Waals surface area contributed by atoms with E-state index in [4.69, 9.17) is 0 Å². The van der Waals surface area contributed by atoms with Crippen molar-refractivity contribution in [2.75, 3.05) is 0 Å². The topological polar surface area (TPSA) is 80.3 Å². The summed E-state index contributed by atoms with van der Waals surface area (Å²) in [6.07, 6.45) is 0.280. The second kappa shape index (κ2) is 11.0. The molecule has 0 saturated heterocycles. The predicted molar refractivity (Wildman–Crippen MR) is 52.9 cm³/mol. The van der Waals surface area contributed by atoms with E-state index in [-0.39, 0.29) is 65.5 Å². The maximum Gasteiger partial charge on any atom is 1.00 e. The Balaban J connectivity index is 0. The van der Waals surface area contributed by atoms with Crippen LogP contribution >= 0.6 is 0 Å². The summed E-state index contributed by atoms with van der Waals surface area (Å²) in [5.41, 5.74) is 0.979. The Morgan fingerprint density at radius 1 is 1.06 bits per heavy atom. The van der Waals surface area contributed by atoms with Gasteiger partial charge in [0.25, 0.3) is 0 Å². The fraction of sp³-hybridized carbons (Fsp3) is 0.333. The smallest absolute Gasteiger partial charge is 0.550 e. The van der Waals surface area contributed by atoms with Gasteiger partial charge in [0, 0.05) is 17.9 Å². The number of aryl methyl sites for hydroxylation is 1. The van der Waals surface area contributed by atoms with Gasteiger partial charge in [-0.1, -0.05) is 30.3 Å². The summed E-state index contributed by atoms with van der Waals surface area (Å²) in [7, 11) is 0. The first kappa shape index (κ1) is 20.5. The second-order valence-electron chi connectivity index (χ2n) is 3.62. The molecule has 0 aromatic heterocycles. The van der Waals surface area contributed by atoms with Crippen LogP contribution in [0, 0.1) is 5.92 Å². The molecular weight excluding hydrogens is 254 g/mol. The number of carbonyl (C=O) groups is 2. The van der Waals surface area contributed by atoms with Crippen molar-refractivity contribution in [2.45, 2.75) is 19.3 Å². The van der Waals surface area contributed by atoms with E-state index in [1.807, 2.05) is 30.3 Å². The molecule has 18 heavy (non-hydrogen) atoms. The Morgan fingerprint density at radius 2 is 1.61 bits per heavy atom. The Bertz CT molecular complexity index is 368. The molecule has 0 saturated carbocycles. The fourth-order valence-electron chi connectivity index (χ4n) is 1.49. The molecule has 4 nitrogen and oxygen atoms in total. The van der Waals surface area contributed by atoms with Crippen LogP contribution in [0.4, 0.5) is 0 Å². The number of carbonyl (C=O) groups excluding carboxylic acids is 2. The normalized spacial score (nSPS) is 10.7. The van der Waals surface area contributed by atoms with Crippen molar-refractivity contribution >= 4 is 11.9 Å². The molecule has 0 N–H and O–H groups in total. The van der Waals surface area contributed by atoms with E-state index in [9.17, 15) is 19.8 Å². The van der Waals surface area contributed by atoms with E-state index >= 15 is 0 Å². The standard InChI is InChI=1S/C12H14O4.2Na/c13-11(14)8-10(12(15)16)7-6-9-4-2-1-3-5-9;;/h1-5,10H,6-8H2,(H,13,14)(H,15,16);;/q;2*+1/p-2/t10-;;/m0../s1. The van der Waals surface area contributed by atoms with Crippen molar-refractivity contribution in [3.05, 3.63) is 35.9 Å². The van der Waals surface area contributed by atoms with Crippen LogP contribution < -0.4 is 69.3 Å². The van der Waals surface area contributed by atoms with Crippen molar-refractivity contribution in [1.82, 2.24) is 0 Å². The first-order valence-corrected chi connectivity index (χ1v) is 5.04. The van der Waals surface area contributed by atoms with Gasteiger partial charge in [0.2, 0.25) is 0 Å². The van der Waals surface area contributed by atoms with Gasteiger partial charge in [-0.15, -0.1) is 0 Å². The Morgan fingerprint density at radius 3 is 2.06 bits per heavy atom. The monoisotopic (exact) mass is 266 g/mol. The molecule has 0 amide bonds. The number of rotatable bonds is 6. The molecule has 0 fully saturated rings. The third kappa shape index (κ3) is 8.29. The number of carboxylic acid groups (broad SMARTS) is 2. The van der Waals surface area contributed by atoms with Crippen molar-refractivity contribution < 1.29 is 78.9 Å². The summed E-state index contributed by atoms with van der Waals surface area (Å²) in [6, 6.07) is 9.29. The van der Waals surface area contributed by atoms with Crippen LogP contribution in [0.1, 0.15) is 18.4 Å². The summed E-state index contributed by atoms with van der Waals surface area (Å²) < 4.78 is 0. The van der Waals surface area contributed by atoms with Crippen molar-refractivity contribution in [3.8, 4) is 0 Å². The van der Waals surface area contributed by atoms with Gasteiger partial charge in [0.05, 0.1) is 0 Å². The summed E-state index contributed by atoms with van der Waals surface area (Å²) in [6.45, 7) is 0. The van der Waals surface area contributed by atoms with Crippen LogP contribution in [0.3, 0.4) is 0 Å². The average molecular weight is 266 g/mol. The summed E-state index contributed by atoms with van der Waals surface area (Å²) >= 11 is 0. The number of benzene rings is 1. The average Bonchev–Trinajstić information content (AvgIpc) is 2.25. The van der Waals surface area contributed by atoms with E-state index in [0.717, 1.165) is 5.56 Å². The molecule has 0 aliphatic rings. The number of carboxylic acids is 2. The van der Waals surface area contributed by atoms with Crippen LogP contribution in [-0.2, 0) is 16.0 Å². The van der Waals surface area contributed by atoms with Crippen LogP contribution in [-0.4, -0.2) is 11.9 Å². The third-order valence-corrected chi connectivity index (χ3v) is 2.37. The summed E-state index contributed by atoms with van der Waals surface area (Å²) in [5.74, 6) is -3.67. The van der Waals surface area contributed by atoms with E-state index in [1.54, 1.807) is 0 Å². The van der Waals surface area contributed by atoms with E-state index < -0.39 is 24.3 Å². The molecule has 1 aromatic carbocycles. The molecule has 1 aromatic rings. The van der Waals surface area contributed by atoms with E-state index in [0.29, 0.717) is 6.42 Å². The minimum atomic E-state index is -1.36. The van der Waals surface area contributed by atoms with E-state index in [1.165, 1.54) is 0 Å². The molecular formula is C12H12Na2O4. The van der Waals surface area contributed by atoms with Crippen molar-refractivity contribution in [1.29, 1.82) is 0 Å². The van der Waals surface area contributed by atoms with Gasteiger partial charge in [-0.25, -0.2) is 0 Å². The molecule has 86 valence electrons. The van der Waals surface area contributed by atoms with E-state index in [2.05, 4.69) is 0 Å². The molecule has 0 aliphatic heterocycles. The zero-order valence-corrected chi connectivity index (χ0v) is 14.7. The van der Waals surface area contributed by atoms with Crippen molar-refractivity contribution in [3.63, 3.8) is 0 Å². The maximum absolute atomic E-state index is 10.7. The van der Waals surface area contributed by atoms with Gasteiger partial charge in [0.15, 0.2) is 0 Å². The second-order valence-corrected chi connectivity index (χ2v) is 3.62. The molecule has 0 aliphatic carbocycles. The molecule has 0 unspecified atom stereocenters. The van der Waals surface area contributed by atoms with Gasteiger partial charge in [-0.2, -0.15) is 0 Å². The molecule has 1 rings (SSSR count). The zero-order chi connectivity index (χ0) is 12.0. The van der Waals surface area contributed by atoms with Crippen LogP contribution in [0.2, 0.25) is 0 Å². The summed E-state index contributed by atoms with van der Waals surface area (Å²) in [5, 5.41) is 21.0. The first-order valence-electron chi connectivity index (χ1n) is 5.04.